The highest BCUT2D eigenvalue weighted by molar-refractivity contribution is 5.68. The van der Waals surface area contributed by atoms with Crippen molar-refractivity contribution in [3.8, 4) is 0 Å². The van der Waals surface area contributed by atoms with E-state index in [1.807, 2.05) is 20.8 Å². The summed E-state index contributed by atoms with van der Waals surface area (Å²) < 4.78 is 5.44. The summed E-state index contributed by atoms with van der Waals surface area (Å²) >= 11 is 0. The highest BCUT2D eigenvalue weighted by Gasteiger charge is 2.56. The lowest BCUT2D eigenvalue weighted by molar-refractivity contribution is -0.0799. The van der Waals surface area contributed by atoms with Gasteiger partial charge in [-0.15, -0.1) is 0 Å². The van der Waals surface area contributed by atoms with Crippen molar-refractivity contribution in [2.45, 2.75) is 64.5 Å². The van der Waals surface area contributed by atoms with Crippen molar-refractivity contribution in [2.75, 3.05) is 6.54 Å². The topological polar surface area (TPSA) is 64.3 Å². The molecule has 4 heteroatoms. The molecule has 4 saturated carbocycles. The van der Waals surface area contributed by atoms with Crippen LogP contribution in [-0.2, 0) is 4.74 Å². The number of carbonyl (C=O) groups is 1. The lowest BCUT2D eigenvalue weighted by Gasteiger charge is -2.61. The van der Waals surface area contributed by atoms with Crippen molar-refractivity contribution in [1.29, 1.82) is 0 Å². The Morgan fingerprint density at radius 3 is 2.35 bits per heavy atom. The Morgan fingerprint density at radius 1 is 1.25 bits per heavy atom. The first-order valence-corrected chi connectivity index (χ1v) is 8.01. The third kappa shape index (κ3) is 2.43. The van der Waals surface area contributed by atoms with Crippen molar-refractivity contribution >= 4 is 6.09 Å². The Morgan fingerprint density at radius 2 is 1.85 bits per heavy atom. The quantitative estimate of drug-likeness (QED) is 0.817. The van der Waals surface area contributed by atoms with Crippen molar-refractivity contribution in [2.24, 2.45) is 28.9 Å². The second-order valence-electron chi connectivity index (χ2n) is 8.30. The average molecular weight is 280 g/mol. The van der Waals surface area contributed by atoms with Gasteiger partial charge in [0, 0.05) is 11.5 Å². The summed E-state index contributed by atoms with van der Waals surface area (Å²) in [6.07, 6.45) is 6.02. The fraction of sp³-hybridized carbons (Fsp3) is 0.938. The van der Waals surface area contributed by atoms with Gasteiger partial charge in [-0.2, -0.15) is 0 Å². The van der Waals surface area contributed by atoms with E-state index >= 15 is 0 Å². The fourth-order valence-electron chi connectivity index (χ4n) is 5.21. The van der Waals surface area contributed by atoms with Crippen LogP contribution in [0.4, 0.5) is 4.79 Å². The standard InChI is InChI=1S/C16H28N2O2/c1-15(2,3)20-14(19)18-13-12-5-10-4-11(6-12)8-16(13,7-10)9-17/h10-13H,4-9,17H2,1-3H3,(H,18,19). The zero-order chi connectivity index (χ0) is 14.5. The molecule has 4 rings (SSSR count). The lowest BCUT2D eigenvalue weighted by Crippen LogP contribution is -2.64. The normalized spacial score (nSPS) is 42.6. The lowest BCUT2D eigenvalue weighted by atomic mass is 9.47. The molecule has 4 bridgehead atoms. The molecule has 3 atom stereocenters. The molecule has 0 aromatic heterocycles. The van der Waals surface area contributed by atoms with Crippen LogP contribution >= 0.6 is 0 Å². The second kappa shape index (κ2) is 4.62. The molecule has 4 nitrogen and oxygen atoms in total. The first-order valence-electron chi connectivity index (χ1n) is 8.01. The molecule has 0 saturated heterocycles. The highest BCUT2D eigenvalue weighted by Crippen LogP contribution is 2.59. The minimum absolute atomic E-state index is 0.131. The molecular weight excluding hydrogens is 252 g/mol. The number of carbonyl (C=O) groups excluding carboxylic acids is 1. The minimum Gasteiger partial charge on any atom is -0.444 e. The number of hydrogen-bond donors (Lipinski definition) is 2. The molecule has 0 aliphatic heterocycles. The van der Waals surface area contributed by atoms with Gasteiger partial charge in [0.15, 0.2) is 0 Å². The van der Waals surface area contributed by atoms with Gasteiger partial charge in [-0.1, -0.05) is 0 Å². The zero-order valence-electron chi connectivity index (χ0n) is 12.9. The molecule has 0 heterocycles. The van der Waals surface area contributed by atoms with E-state index in [1.165, 1.54) is 32.1 Å². The Balaban J connectivity index is 1.73. The van der Waals surface area contributed by atoms with E-state index in [2.05, 4.69) is 5.32 Å². The van der Waals surface area contributed by atoms with Crippen LogP contribution in [0.2, 0.25) is 0 Å². The molecule has 4 fully saturated rings. The number of nitrogens with two attached hydrogens (primary N) is 1. The van der Waals surface area contributed by atoms with Crippen LogP contribution in [0.3, 0.4) is 0 Å². The molecule has 20 heavy (non-hydrogen) atoms. The maximum atomic E-state index is 12.1. The molecule has 3 N–H and O–H groups in total. The number of alkyl carbamates (subject to hydrolysis) is 1. The molecule has 4 aliphatic rings. The van der Waals surface area contributed by atoms with Crippen LogP contribution < -0.4 is 11.1 Å². The fourth-order valence-corrected chi connectivity index (χ4v) is 5.21. The molecule has 3 unspecified atom stereocenters. The molecular formula is C16H28N2O2. The Bertz CT molecular complexity index is 388. The van der Waals surface area contributed by atoms with Gasteiger partial charge in [-0.05, 0) is 77.2 Å². The van der Waals surface area contributed by atoms with Gasteiger partial charge in [0.25, 0.3) is 0 Å². The third-order valence-corrected chi connectivity index (χ3v) is 5.54. The Hall–Kier alpha value is -0.770. The molecule has 0 aromatic rings. The monoisotopic (exact) mass is 280 g/mol. The van der Waals surface area contributed by atoms with Crippen LogP contribution in [0.15, 0.2) is 0 Å². The van der Waals surface area contributed by atoms with Crippen molar-refractivity contribution in [1.82, 2.24) is 5.32 Å². The van der Waals surface area contributed by atoms with Gasteiger partial charge in [-0.25, -0.2) is 4.79 Å². The van der Waals surface area contributed by atoms with Crippen molar-refractivity contribution < 1.29 is 9.53 Å². The molecule has 4 aliphatic carbocycles. The van der Waals surface area contributed by atoms with Crippen LogP contribution in [0, 0.1) is 23.2 Å². The van der Waals surface area contributed by atoms with E-state index in [0.29, 0.717) is 12.5 Å². The van der Waals surface area contributed by atoms with E-state index in [9.17, 15) is 4.79 Å². The molecule has 114 valence electrons. The van der Waals surface area contributed by atoms with E-state index in [-0.39, 0.29) is 17.6 Å². The van der Waals surface area contributed by atoms with E-state index < -0.39 is 5.60 Å². The minimum atomic E-state index is -0.439. The summed E-state index contributed by atoms with van der Waals surface area (Å²) in [4.78, 5) is 12.1. The molecule has 1 amide bonds. The van der Waals surface area contributed by atoms with Crippen LogP contribution in [0.5, 0.6) is 0 Å². The third-order valence-electron chi connectivity index (χ3n) is 5.54. The first kappa shape index (κ1) is 14.2. The molecule has 0 radical (unpaired) electrons. The van der Waals surface area contributed by atoms with Crippen LogP contribution in [0.1, 0.15) is 52.9 Å². The summed E-state index contributed by atoms with van der Waals surface area (Å²) in [5.74, 6) is 2.29. The number of ether oxygens (including phenoxy) is 1. The van der Waals surface area contributed by atoms with E-state index in [0.717, 1.165) is 11.8 Å². The number of rotatable bonds is 2. The van der Waals surface area contributed by atoms with Crippen LogP contribution in [-0.4, -0.2) is 24.3 Å². The second-order valence-corrected chi connectivity index (χ2v) is 8.30. The predicted molar refractivity (Wildman–Crippen MR) is 78.2 cm³/mol. The van der Waals surface area contributed by atoms with Gasteiger partial charge >= 0.3 is 6.09 Å². The van der Waals surface area contributed by atoms with Gasteiger partial charge < -0.3 is 15.8 Å². The van der Waals surface area contributed by atoms with E-state index in [4.69, 9.17) is 10.5 Å². The van der Waals surface area contributed by atoms with Crippen molar-refractivity contribution in [3.63, 3.8) is 0 Å². The smallest absolute Gasteiger partial charge is 0.407 e. The van der Waals surface area contributed by atoms with Crippen LogP contribution in [0.25, 0.3) is 0 Å². The predicted octanol–water partition coefficient (Wildman–Crippen LogP) is 2.66. The molecule has 0 spiro atoms. The number of nitrogens with one attached hydrogen (secondary N) is 1. The van der Waals surface area contributed by atoms with Crippen molar-refractivity contribution in [3.05, 3.63) is 0 Å². The van der Waals surface area contributed by atoms with Gasteiger partial charge in [0.2, 0.25) is 0 Å². The summed E-state index contributed by atoms with van der Waals surface area (Å²) in [7, 11) is 0. The van der Waals surface area contributed by atoms with Gasteiger partial charge in [0.1, 0.15) is 5.60 Å². The SMILES string of the molecule is CC(C)(C)OC(=O)NC1C2CC3CC(C2)CC1(CN)C3. The van der Waals surface area contributed by atoms with E-state index in [1.54, 1.807) is 0 Å². The van der Waals surface area contributed by atoms with Gasteiger partial charge in [0.05, 0.1) is 0 Å². The maximum Gasteiger partial charge on any atom is 0.407 e. The zero-order valence-corrected chi connectivity index (χ0v) is 12.9. The number of hydrogen-bond acceptors (Lipinski definition) is 3. The summed E-state index contributed by atoms with van der Waals surface area (Å²) in [5.41, 5.74) is 5.82. The number of amides is 1. The highest BCUT2D eigenvalue weighted by atomic mass is 16.6. The molecule has 0 aromatic carbocycles. The average Bonchev–Trinajstić information content (AvgIpc) is 2.30. The first-order chi connectivity index (χ1) is 9.31. The maximum absolute atomic E-state index is 12.1. The Kier molecular flexibility index (Phi) is 3.27. The summed E-state index contributed by atoms with van der Waals surface area (Å²) in [6, 6.07) is 0.218. The summed E-state index contributed by atoms with van der Waals surface area (Å²) in [6.45, 7) is 6.41. The largest absolute Gasteiger partial charge is 0.444 e. The Labute approximate surface area is 121 Å². The van der Waals surface area contributed by atoms with Gasteiger partial charge in [-0.3, -0.25) is 0 Å². The summed E-state index contributed by atoms with van der Waals surface area (Å²) in [5, 5.41) is 3.17.